The Morgan fingerprint density at radius 3 is 0.731 bits per heavy atom. The standard InChI is InChI=1S/C50H100O2/c1-4-6-8-10-12-14-15-16-17-18-19-20-21-22-23-24-25-26-27-28-29-30-31-32-33-34-35-36-37-38-40-41-43-45-47-49(3)52-50(51)48-46-44-42-39-13-11-9-7-5-2/h49H,4-48H2,1-3H3. The predicted octanol–water partition coefficient (Wildman–Crippen LogP) is 18.5. The summed E-state index contributed by atoms with van der Waals surface area (Å²) in [6.45, 7) is 6.66. The molecule has 0 aliphatic heterocycles. The normalized spacial score (nSPS) is 12.1. The molecule has 0 fully saturated rings. The van der Waals surface area contributed by atoms with E-state index < -0.39 is 0 Å². The Balaban J connectivity index is 3.17. The number of carbonyl (C=O) groups is 1. The van der Waals surface area contributed by atoms with Gasteiger partial charge in [0.15, 0.2) is 0 Å². The number of esters is 1. The van der Waals surface area contributed by atoms with E-state index in [2.05, 4.69) is 20.8 Å². The van der Waals surface area contributed by atoms with Gasteiger partial charge < -0.3 is 4.74 Å². The molecule has 0 saturated carbocycles. The Morgan fingerprint density at radius 1 is 0.308 bits per heavy atom. The third-order valence-corrected chi connectivity index (χ3v) is 11.8. The first-order valence-electron chi connectivity index (χ1n) is 24.9. The summed E-state index contributed by atoms with van der Waals surface area (Å²) < 4.78 is 5.65. The lowest BCUT2D eigenvalue weighted by Crippen LogP contribution is -2.14. The van der Waals surface area contributed by atoms with Crippen LogP contribution in [0, 0.1) is 0 Å². The van der Waals surface area contributed by atoms with Crippen LogP contribution >= 0.6 is 0 Å². The number of hydrogen-bond acceptors (Lipinski definition) is 2. The Morgan fingerprint density at radius 2 is 0.500 bits per heavy atom. The van der Waals surface area contributed by atoms with Gasteiger partial charge in [-0.1, -0.05) is 277 Å². The summed E-state index contributed by atoms with van der Waals surface area (Å²) in [6.07, 6.45) is 62.5. The molecule has 0 amide bonds. The van der Waals surface area contributed by atoms with Crippen LogP contribution in [0.2, 0.25) is 0 Å². The van der Waals surface area contributed by atoms with Crippen molar-refractivity contribution in [3.63, 3.8) is 0 Å². The molecule has 0 N–H and O–H groups in total. The zero-order valence-corrected chi connectivity index (χ0v) is 36.7. The molecule has 1 atom stereocenters. The first-order chi connectivity index (χ1) is 25.7. The van der Waals surface area contributed by atoms with Crippen molar-refractivity contribution < 1.29 is 9.53 Å². The van der Waals surface area contributed by atoms with Crippen LogP contribution in [0.25, 0.3) is 0 Å². The highest BCUT2D eigenvalue weighted by atomic mass is 16.5. The van der Waals surface area contributed by atoms with Crippen LogP contribution in [-0.2, 0) is 9.53 Å². The Bertz CT molecular complexity index is 644. The molecular weight excluding hydrogens is 633 g/mol. The van der Waals surface area contributed by atoms with Gasteiger partial charge in [-0.25, -0.2) is 0 Å². The number of ether oxygens (including phenoxy) is 1. The summed E-state index contributed by atoms with van der Waals surface area (Å²) >= 11 is 0. The smallest absolute Gasteiger partial charge is 0.306 e. The van der Waals surface area contributed by atoms with Gasteiger partial charge in [-0.05, 0) is 26.2 Å². The van der Waals surface area contributed by atoms with Gasteiger partial charge in [-0.15, -0.1) is 0 Å². The van der Waals surface area contributed by atoms with Crippen molar-refractivity contribution in [1.82, 2.24) is 0 Å². The molecule has 312 valence electrons. The average molecular weight is 733 g/mol. The fourth-order valence-corrected chi connectivity index (χ4v) is 8.08. The second-order valence-electron chi connectivity index (χ2n) is 17.3. The minimum atomic E-state index is 0.0247. The van der Waals surface area contributed by atoms with Crippen molar-refractivity contribution in [3.8, 4) is 0 Å². The lowest BCUT2D eigenvalue weighted by molar-refractivity contribution is -0.148. The van der Waals surface area contributed by atoms with Crippen LogP contribution in [-0.4, -0.2) is 12.1 Å². The summed E-state index contributed by atoms with van der Waals surface area (Å²) in [7, 11) is 0. The molecule has 0 rings (SSSR count). The topological polar surface area (TPSA) is 26.3 Å². The Labute approximate surface area is 330 Å². The maximum Gasteiger partial charge on any atom is 0.306 e. The van der Waals surface area contributed by atoms with Crippen LogP contribution < -0.4 is 0 Å². The fraction of sp³-hybridized carbons (Fsp3) is 0.980. The molecule has 0 bridgehead atoms. The monoisotopic (exact) mass is 733 g/mol. The molecule has 0 aromatic rings. The molecule has 2 nitrogen and oxygen atoms in total. The van der Waals surface area contributed by atoms with Crippen LogP contribution in [0.1, 0.15) is 310 Å². The Kier molecular flexibility index (Phi) is 46.1. The van der Waals surface area contributed by atoms with Crippen molar-refractivity contribution in [3.05, 3.63) is 0 Å². The van der Waals surface area contributed by atoms with Gasteiger partial charge in [0, 0.05) is 6.42 Å². The van der Waals surface area contributed by atoms with E-state index in [0.717, 1.165) is 12.8 Å². The number of unbranched alkanes of at least 4 members (excludes halogenated alkanes) is 41. The minimum Gasteiger partial charge on any atom is -0.463 e. The minimum absolute atomic E-state index is 0.0247. The highest BCUT2D eigenvalue weighted by Crippen LogP contribution is 2.18. The molecule has 2 heteroatoms. The van der Waals surface area contributed by atoms with Crippen LogP contribution in [0.15, 0.2) is 0 Å². The maximum atomic E-state index is 12.1. The second kappa shape index (κ2) is 46.6. The first kappa shape index (κ1) is 51.5. The van der Waals surface area contributed by atoms with Crippen molar-refractivity contribution in [2.45, 2.75) is 316 Å². The van der Waals surface area contributed by atoms with Crippen LogP contribution in [0.4, 0.5) is 0 Å². The van der Waals surface area contributed by atoms with Gasteiger partial charge in [0.05, 0.1) is 6.10 Å². The molecule has 0 saturated heterocycles. The first-order valence-corrected chi connectivity index (χ1v) is 24.9. The van der Waals surface area contributed by atoms with E-state index in [-0.39, 0.29) is 12.1 Å². The van der Waals surface area contributed by atoms with Gasteiger partial charge in [0.2, 0.25) is 0 Å². The Hall–Kier alpha value is -0.530. The molecule has 0 aliphatic carbocycles. The zero-order chi connectivity index (χ0) is 37.7. The van der Waals surface area contributed by atoms with Crippen molar-refractivity contribution >= 4 is 5.97 Å². The fourth-order valence-electron chi connectivity index (χ4n) is 8.08. The third-order valence-electron chi connectivity index (χ3n) is 11.8. The average Bonchev–Trinajstić information content (AvgIpc) is 3.14. The van der Waals surface area contributed by atoms with Crippen molar-refractivity contribution in [2.75, 3.05) is 0 Å². The number of carbonyl (C=O) groups excluding carboxylic acids is 1. The lowest BCUT2D eigenvalue weighted by Gasteiger charge is -2.13. The van der Waals surface area contributed by atoms with E-state index in [4.69, 9.17) is 4.74 Å². The van der Waals surface area contributed by atoms with Crippen molar-refractivity contribution in [2.24, 2.45) is 0 Å². The number of rotatable bonds is 46. The molecular formula is C50H100O2. The van der Waals surface area contributed by atoms with Gasteiger partial charge in [0.25, 0.3) is 0 Å². The molecule has 52 heavy (non-hydrogen) atoms. The summed E-state index contributed by atoms with van der Waals surface area (Å²) in [5.41, 5.74) is 0. The van der Waals surface area contributed by atoms with Crippen LogP contribution in [0.3, 0.4) is 0 Å². The van der Waals surface area contributed by atoms with E-state index in [1.54, 1.807) is 0 Å². The highest BCUT2D eigenvalue weighted by molar-refractivity contribution is 5.69. The third kappa shape index (κ3) is 45.6. The van der Waals surface area contributed by atoms with Crippen LogP contribution in [0.5, 0.6) is 0 Å². The summed E-state index contributed by atoms with van der Waals surface area (Å²) in [5.74, 6) is 0.0247. The summed E-state index contributed by atoms with van der Waals surface area (Å²) in [6, 6.07) is 0. The maximum absolute atomic E-state index is 12.1. The SMILES string of the molecule is CCCCCCCCCCCCCCCCCCCCCCCCCCCCCCCCCCCCC(C)OC(=O)CCCCCCCCCCC. The second-order valence-corrected chi connectivity index (χ2v) is 17.3. The molecule has 0 heterocycles. The quantitative estimate of drug-likeness (QED) is 0.0460. The van der Waals surface area contributed by atoms with Gasteiger partial charge in [-0.2, -0.15) is 0 Å². The van der Waals surface area contributed by atoms with E-state index in [1.807, 2.05) is 0 Å². The molecule has 1 unspecified atom stereocenters. The molecule has 0 aliphatic rings. The van der Waals surface area contributed by atoms with E-state index >= 15 is 0 Å². The molecule has 0 aromatic heterocycles. The van der Waals surface area contributed by atoms with Gasteiger partial charge in [0.1, 0.15) is 0 Å². The lowest BCUT2D eigenvalue weighted by atomic mass is 10.0. The van der Waals surface area contributed by atoms with Crippen molar-refractivity contribution in [1.29, 1.82) is 0 Å². The highest BCUT2D eigenvalue weighted by Gasteiger charge is 2.09. The van der Waals surface area contributed by atoms with Gasteiger partial charge in [-0.3, -0.25) is 4.79 Å². The van der Waals surface area contributed by atoms with E-state index in [0.29, 0.717) is 6.42 Å². The summed E-state index contributed by atoms with van der Waals surface area (Å²) in [4.78, 5) is 12.1. The molecule has 0 radical (unpaired) electrons. The molecule has 0 spiro atoms. The number of hydrogen-bond donors (Lipinski definition) is 0. The zero-order valence-electron chi connectivity index (χ0n) is 36.7. The molecule has 0 aromatic carbocycles. The van der Waals surface area contributed by atoms with E-state index in [1.165, 1.54) is 270 Å². The van der Waals surface area contributed by atoms with E-state index in [9.17, 15) is 4.79 Å². The predicted molar refractivity (Wildman–Crippen MR) is 235 cm³/mol. The summed E-state index contributed by atoms with van der Waals surface area (Å²) in [5, 5.41) is 0. The largest absolute Gasteiger partial charge is 0.463 e. The van der Waals surface area contributed by atoms with Gasteiger partial charge >= 0.3 is 5.97 Å².